The van der Waals surface area contributed by atoms with Crippen molar-refractivity contribution in [3.63, 3.8) is 0 Å². The van der Waals surface area contributed by atoms with Gasteiger partial charge in [-0.2, -0.15) is 4.98 Å². The van der Waals surface area contributed by atoms with Gasteiger partial charge in [0.05, 0.1) is 26.1 Å². The van der Waals surface area contributed by atoms with E-state index < -0.39 is 6.10 Å². The molecule has 0 aliphatic carbocycles. The Morgan fingerprint density at radius 1 is 0.923 bits per heavy atom. The van der Waals surface area contributed by atoms with E-state index in [9.17, 15) is 5.11 Å². The van der Waals surface area contributed by atoms with Crippen LogP contribution in [0.5, 0.6) is 11.5 Å². The van der Waals surface area contributed by atoms with E-state index >= 15 is 0 Å². The molecule has 1 aliphatic heterocycles. The van der Waals surface area contributed by atoms with Crippen LogP contribution in [0.4, 0.5) is 17.6 Å². The van der Waals surface area contributed by atoms with Crippen LogP contribution in [0.2, 0.25) is 0 Å². The van der Waals surface area contributed by atoms with E-state index in [-0.39, 0.29) is 6.04 Å². The van der Waals surface area contributed by atoms with Crippen LogP contribution in [-0.2, 0) is 13.1 Å². The largest absolute Gasteiger partial charge is 0.497 e. The summed E-state index contributed by atoms with van der Waals surface area (Å²) in [5.74, 6) is 3.68. The first kappa shape index (κ1) is 36.8. The number of imidazole rings is 1. The first-order valence-corrected chi connectivity index (χ1v) is 18.3. The molecular formula is C40H53N9O3. The molecule has 6 rings (SSSR count). The second-order valence-corrected chi connectivity index (χ2v) is 14.1. The zero-order valence-electron chi connectivity index (χ0n) is 31.6. The van der Waals surface area contributed by atoms with Gasteiger partial charge in [-0.25, -0.2) is 14.5 Å². The normalized spacial score (nSPS) is 14.8. The topological polar surface area (TPSA) is 116 Å². The van der Waals surface area contributed by atoms with Crippen molar-refractivity contribution < 1.29 is 14.6 Å². The number of nitrogens with one attached hydrogen (secondary N) is 1. The number of benzene rings is 2. The number of pyridine rings is 1. The molecule has 276 valence electrons. The molecule has 5 aromatic rings. The SMILES string of the molecule is CCC[C@H](C)Nc1nc(N(Cc2ccc(OC)cc2)Cc2ccc(OC)cc2)c2ncc(C(O)c3cnc(N4CCC(N(C)C)CC4)c(C)c3)n2n1. The molecule has 3 aromatic heterocycles. The number of piperidine rings is 1. The number of ether oxygens (including phenoxy) is 2. The van der Waals surface area contributed by atoms with Crippen LogP contribution in [-0.4, -0.2) is 88.1 Å². The van der Waals surface area contributed by atoms with Gasteiger partial charge in [-0.15, -0.1) is 5.10 Å². The third kappa shape index (κ3) is 8.40. The molecule has 0 spiro atoms. The van der Waals surface area contributed by atoms with Gasteiger partial charge in [-0.05, 0) is 94.2 Å². The lowest BCUT2D eigenvalue weighted by molar-refractivity contribution is 0.212. The summed E-state index contributed by atoms with van der Waals surface area (Å²) >= 11 is 0. The van der Waals surface area contributed by atoms with Crippen molar-refractivity contribution in [1.29, 1.82) is 0 Å². The molecule has 0 bridgehead atoms. The van der Waals surface area contributed by atoms with Gasteiger partial charge < -0.3 is 34.6 Å². The lowest BCUT2D eigenvalue weighted by atomic mass is 10.0. The maximum Gasteiger partial charge on any atom is 0.243 e. The van der Waals surface area contributed by atoms with E-state index in [2.05, 4.69) is 79.1 Å². The zero-order valence-corrected chi connectivity index (χ0v) is 31.6. The summed E-state index contributed by atoms with van der Waals surface area (Å²) in [6.07, 6.45) is 6.67. The Hall–Kier alpha value is -4.94. The number of aliphatic hydroxyl groups is 1. The molecule has 4 heterocycles. The maximum absolute atomic E-state index is 11.9. The van der Waals surface area contributed by atoms with Gasteiger partial charge in [0, 0.05) is 50.0 Å². The summed E-state index contributed by atoms with van der Waals surface area (Å²) in [6, 6.07) is 18.9. The Labute approximate surface area is 307 Å². The Kier molecular flexibility index (Phi) is 11.8. The van der Waals surface area contributed by atoms with Crippen molar-refractivity contribution in [2.24, 2.45) is 0 Å². The van der Waals surface area contributed by atoms with Crippen molar-refractivity contribution in [2.75, 3.05) is 56.5 Å². The van der Waals surface area contributed by atoms with E-state index in [1.165, 1.54) is 0 Å². The highest BCUT2D eigenvalue weighted by atomic mass is 16.5. The monoisotopic (exact) mass is 707 g/mol. The summed E-state index contributed by atoms with van der Waals surface area (Å²) in [4.78, 5) is 21.7. The number of rotatable bonds is 15. The minimum Gasteiger partial charge on any atom is -0.497 e. The maximum atomic E-state index is 11.9. The molecule has 12 heteroatoms. The molecule has 2 aromatic carbocycles. The van der Waals surface area contributed by atoms with Gasteiger partial charge in [-0.3, -0.25) is 0 Å². The molecule has 1 aliphatic rings. The third-order valence-corrected chi connectivity index (χ3v) is 9.99. The van der Waals surface area contributed by atoms with Gasteiger partial charge in [0.1, 0.15) is 23.4 Å². The highest BCUT2D eigenvalue weighted by molar-refractivity contribution is 5.66. The third-order valence-electron chi connectivity index (χ3n) is 9.99. The molecule has 1 unspecified atom stereocenters. The number of nitrogens with zero attached hydrogens (tertiary/aromatic N) is 8. The number of methoxy groups -OCH3 is 2. The summed E-state index contributed by atoms with van der Waals surface area (Å²) in [7, 11) is 7.64. The highest BCUT2D eigenvalue weighted by Crippen LogP contribution is 2.31. The summed E-state index contributed by atoms with van der Waals surface area (Å²) in [5.41, 5.74) is 4.98. The molecule has 2 atom stereocenters. The number of fused-ring (bicyclic) bond motifs is 1. The molecule has 0 amide bonds. The van der Waals surface area contributed by atoms with Crippen LogP contribution in [0, 0.1) is 6.92 Å². The fourth-order valence-electron chi connectivity index (χ4n) is 7.01. The minimum absolute atomic E-state index is 0.144. The minimum atomic E-state index is -1.00. The molecule has 12 nitrogen and oxygen atoms in total. The standard InChI is InChI=1S/C40H53N9O3/c1-8-9-28(3)43-40-44-39(48(25-29-10-14-33(51-6)15-11-29)26-30-12-16-34(52-7)17-13-30)38-42-24-35(49(38)45-40)36(50)31-22-27(2)37(41-23-31)47-20-18-32(19-21-47)46(4)5/h10-17,22-24,28,32,36,50H,8-9,18-21,25-26H2,1-7H3,(H,43,45)/t28-,36?/m0/s1. The van der Waals surface area contributed by atoms with Gasteiger partial charge in [0.15, 0.2) is 11.5 Å². The van der Waals surface area contributed by atoms with E-state index in [4.69, 9.17) is 29.5 Å². The second kappa shape index (κ2) is 16.6. The van der Waals surface area contributed by atoms with Crippen molar-refractivity contribution in [2.45, 2.75) is 77.7 Å². The predicted molar refractivity (Wildman–Crippen MR) is 207 cm³/mol. The molecule has 2 N–H and O–H groups in total. The Bertz CT molecular complexity index is 1860. The van der Waals surface area contributed by atoms with E-state index in [0.29, 0.717) is 47.8 Å². The second-order valence-electron chi connectivity index (χ2n) is 14.1. The van der Waals surface area contributed by atoms with Crippen LogP contribution in [0.1, 0.15) is 73.6 Å². The van der Waals surface area contributed by atoms with Crippen molar-refractivity contribution in [3.05, 3.63) is 94.9 Å². The Morgan fingerprint density at radius 2 is 1.54 bits per heavy atom. The fourth-order valence-corrected chi connectivity index (χ4v) is 7.01. The van der Waals surface area contributed by atoms with Crippen LogP contribution in [0.25, 0.3) is 5.65 Å². The highest BCUT2D eigenvalue weighted by Gasteiger charge is 2.26. The molecule has 52 heavy (non-hydrogen) atoms. The van der Waals surface area contributed by atoms with Crippen LogP contribution >= 0.6 is 0 Å². The van der Waals surface area contributed by atoms with Crippen LogP contribution in [0.3, 0.4) is 0 Å². The van der Waals surface area contributed by atoms with Gasteiger partial charge in [0.25, 0.3) is 0 Å². The first-order valence-electron chi connectivity index (χ1n) is 18.3. The summed E-state index contributed by atoms with van der Waals surface area (Å²) in [5, 5.41) is 20.4. The Balaban J connectivity index is 1.38. The molecule has 1 fully saturated rings. The number of aryl methyl sites for hydroxylation is 1. The fraction of sp³-hybridized carbons (Fsp3) is 0.450. The molecular weight excluding hydrogens is 654 g/mol. The summed E-state index contributed by atoms with van der Waals surface area (Å²) < 4.78 is 12.6. The average molecular weight is 708 g/mol. The van der Waals surface area contributed by atoms with E-state index in [1.807, 2.05) is 30.3 Å². The quantitative estimate of drug-likeness (QED) is 0.128. The lowest BCUT2D eigenvalue weighted by Crippen LogP contribution is -2.42. The number of hydrogen-bond donors (Lipinski definition) is 2. The number of anilines is 3. The summed E-state index contributed by atoms with van der Waals surface area (Å²) in [6.45, 7) is 9.38. The van der Waals surface area contributed by atoms with Crippen molar-refractivity contribution >= 4 is 23.2 Å². The number of aromatic nitrogens is 5. The smallest absolute Gasteiger partial charge is 0.243 e. The van der Waals surface area contributed by atoms with Gasteiger partial charge >= 0.3 is 0 Å². The number of aliphatic hydroxyl groups excluding tert-OH is 1. The van der Waals surface area contributed by atoms with E-state index in [1.54, 1.807) is 31.1 Å². The molecule has 1 saturated heterocycles. The molecule has 0 saturated carbocycles. The predicted octanol–water partition coefficient (Wildman–Crippen LogP) is 6.26. The Morgan fingerprint density at radius 3 is 2.08 bits per heavy atom. The van der Waals surface area contributed by atoms with E-state index in [0.717, 1.165) is 72.8 Å². The molecule has 0 radical (unpaired) electrons. The van der Waals surface area contributed by atoms with Crippen LogP contribution < -0.4 is 24.6 Å². The average Bonchev–Trinajstić information content (AvgIpc) is 3.58. The van der Waals surface area contributed by atoms with Gasteiger partial charge in [0.2, 0.25) is 5.95 Å². The van der Waals surface area contributed by atoms with Gasteiger partial charge in [-0.1, -0.05) is 37.6 Å². The lowest BCUT2D eigenvalue weighted by Gasteiger charge is -2.36. The zero-order chi connectivity index (χ0) is 36.8. The first-order chi connectivity index (χ1) is 25.2. The number of hydrogen-bond acceptors (Lipinski definition) is 11. The van der Waals surface area contributed by atoms with Crippen LogP contribution in [0.15, 0.2) is 67.0 Å². The van der Waals surface area contributed by atoms with Crippen molar-refractivity contribution in [1.82, 2.24) is 29.5 Å². The van der Waals surface area contributed by atoms with Crippen molar-refractivity contribution in [3.8, 4) is 11.5 Å².